The summed E-state index contributed by atoms with van der Waals surface area (Å²) < 4.78 is 9.95. The van der Waals surface area contributed by atoms with Crippen LogP contribution in [-0.2, 0) is 28.7 Å². The third-order valence-corrected chi connectivity index (χ3v) is 5.99. The van der Waals surface area contributed by atoms with Gasteiger partial charge in [0.25, 0.3) is 0 Å². The summed E-state index contributed by atoms with van der Waals surface area (Å²) in [6.07, 6.45) is -0.423. The Hall–Kier alpha value is -3.63. The summed E-state index contributed by atoms with van der Waals surface area (Å²) in [6, 6.07) is 4.57. The number of ether oxygens (including phenoxy) is 2. The van der Waals surface area contributed by atoms with Crippen molar-refractivity contribution in [2.24, 2.45) is 11.7 Å². The molecule has 4 atom stereocenters. The van der Waals surface area contributed by atoms with Gasteiger partial charge in [-0.25, -0.2) is 4.79 Å². The number of nitrogens with one attached hydrogen (secondary N) is 2. The number of nitrogens with zero attached hydrogens (tertiary/aromatic N) is 1. The van der Waals surface area contributed by atoms with E-state index >= 15 is 0 Å². The van der Waals surface area contributed by atoms with Crippen molar-refractivity contribution in [1.82, 2.24) is 15.5 Å². The first-order chi connectivity index (χ1) is 17.2. The Morgan fingerprint density at radius 2 is 1.78 bits per heavy atom. The Morgan fingerprint density at radius 1 is 1.16 bits per heavy atom. The molecule has 37 heavy (non-hydrogen) atoms. The number of esters is 1. The highest BCUT2D eigenvalue weighted by molar-refractivity contribution is 5.94. The zero-order chi connectivity index (χ0) is 27.9. The Morgan fingerprint density at radius 3 is 2.30 bits per heavy atom. The predicted molar refractivity (Wildman–Crippen MR) is 135 cm³/mol. The van der Waals surface area contributed by atoms with Crippen LogP contribution in [0.15, 0.2) is 24.3 Å². The van der Waals surface area contributed by atoms with E-state index in [1.807, 2.05) is 26.0 Å². The number of hydrogen-bond donors (Lipinski definition) is 3. The van der Waals surface area contributed by atoms with Crippen LogP contribution in [0.5, 0.6) is 0 Å². The quantitative estimate of drug-likeness (QED) is 0.376. The van der Waals surface area contributed by atoms with E-state index in [4.69, 9.17) is 10.5 Å². The molecule has 11 nitrogen and oxygen atoms in total. The van der Waals surface area contributed by atoms with Crippen molar-refractivity contribution in [3.63, 3.8) is 0 Å². The van der Waals surface area contributed by atoms with Gasteiger partial charge >= 0.3 is 12.1 Å². The van der Waals surface area contributed by atoms with Crippen molar-refractivity contribution in [3.05, 3.63) is 35.4 Å². The molecule has 0 radical (unpaired) electrons. The molecule has 2 rings (SSSR count). The monoisotopic (exact) mass is 518 g/mol. The minimum Gasteiger partial charge on any atom is -0.468 e. The smallest absolute Gasteiger partial charge is 0.408 e. The molecule has 4 amide bonds. The summed E-state index contributed by atoms with van der Waals surface area (Å²) in [6.45, 7) is 8.45. The molecule has 1 aromatic rings. The third-order valence-electron chi connectivity index (χ3n) is 5.99. The van der Waals surface area contributed by atoms with Crippen LogP contribution in [0.25, 0.3) is 0 Å². The molecule has 0 heterocycles. The van der Waals surface area contributed by atoms with Gasteiger partial charge in [-0.1, -0.05) is 31.2 Å². The van der Waals surface area contributed by atoms with E-state index in [-0.39, 0.29) is 31.3 Å². The standard InChI is InChI=1S/C26H38N4O7/c1-15-9-7-8-10-17(15)22(23(33)28-14-21(32)36-6)30(19-13-16(19)2)24(34)18(11-12-20(27)31)29-25(35)37-26(3,4)5/h7-10,16,18-19,22H,11-14H2,1-6H3,(H2,27,31)(H,28,33)(H,29,35). The van der Waals surface area contributed by atoms with E-state index < -0.39 is 47.5 Å². The topological polar surface area (TPSA) is 157 Å². The van der Waals surface area contributed by atoms with Gasteiger partial charge in [-0.15, -0.1) is 0 Å². The normalized spacial score (nSPS) is 18.1. The van der Waals surface area contributed by atoms with Crippen LogP contribution < -0.4 is 16.4 Å². The molecule has 0 spiro atoms. The number of hydrogen-bond acceptors (Lipinski definition) is 7. The third kappa shape index (κ3) is 8.76. The SMILES string of the molecule is COC(=O)CNC(=O)C(c1ccccc1C)N(C(=O)C(CCC(N)=O)NC(=O)OC(C)(C)C)C1CC1C. The van der Waals surface area contributed by atoms with Crippen LogP contribution in [0.1, 0.15) is 64.1 Å². The number of carbonyl (C=O) groups is 5. The number of methoxy groups -OCH3 is 1. The lowest BCUT2D eigenvalue weighted by Gasteiger charge is -2.35. The van der Waals surface area contributed by atoms with Gasteiger partial charge in [-0.05, 0) is 57.6 Å². The van der Waals surface area contributed by atoms with E-state index in [0.717, 1.165) is 5.56 Å². The number of nitrogens with two attached hydrogens (primary N) is 1. The molecule has 1 aliphatic rings. The van der Waals surface area contributed by atoms with Crippen molar-refractivity contribution in [2.45, 2.75) is 77.6 Å². The first-order valence-corrected chi connectivity index (χ1v) is 12.2. The maximum atomic E-state index is 14.0. The van der Waals surface area contributed by atoms with Crippen molar-refractivity contribution < 1.29 is 33.4 Å². The lowest BCUT2D eigenvalue weighted by atomic mass is 9.97. The van der Waals surface area contributed by atoms with Crippen molar-refractivity contribution >= 4 is 29.8 Å². The summed E-state index contributed by atoms with van der Waals surface area (Å²) in [7, 11) is 1.21. The van der Waals surface area contributed by atoms with Gasteiger partial charge in [-0.3, -0.25) is 19.2 Å². The number of amides is 4. The average Bonchev–Trinajstić information content (AvgIpc) is 3.52. The number of aryl methyl sites for hydroxylation is 1. The van der Waals surface area contributed by atoms with Crippen LogP contribution in [-0.4, -0.2) is 66.0 Å². The highest BCUT2D eigenvalue weighted by atomic mass is 16.6. The zero-order valence-corrected chi connectivity index (χ0v) is 22.3. The summed E-state index contributed by atoms with van der Waals surface area (Å²) in [5.74, 6) is -2.30. The number of alkyl carbamates (subject to hydrolysis) is 1. The van der Waals surface area contributed by atoms with Gasteiger partial charge in [0.15, 0.2) is 0 Å². The average molecular weight is 519 g/mol. The minimum absolute atomic E-state index is 0.0741. The summed E-state index contributed by atoms with van der Waals surface area (Å²) >= 11 is 0. The van der Waals surface area contributed by atoms with Crippen LogP contribution in [0.3, 0.4) is 0 Å². The van der Waals surface area contributed by atoms with Gasteiger partial charge in [0.1, 0.15) is 24.2 Å². The fraction of sp³-hybridized carbons (Fsp3) is 0.577. The maximum Gasteiger partial charge on any atom is 0.408 e. The van der Waals surface area contributed by atoms with Crippen molar-refractivity contribution in [2.75, 3.05) is 13.7 Å². The van der Waals surface area contributed by atoms with E-state index in [9.17, 15) is 24.0 Å². The highest BCUT2D eigenvalue weighted by Crippen LogP contribution is 2.41. The predicted octanol–water partition coefficient (Wildman–Crippen LogP) is 1.72. The molecule has 204 valence electrons. The molecular formula is C26H38N4O7. The van der Waals surface area contributed by atoms with Crippen molar-refractivity contribution in [1.29, 1.82) is 0 Å². The second-order valence-corrected chi connectivity index (χ2v) is 10.3. The van der Waals surface area contributed by atoms with E-state index in [0.29, 0.717) is 12.0 Å². The molecule has 0 aromatic heterocycles. The fourth-order valence-electron chi connectivity index (χ4n) is 3.99. The molecule has 1 aromatic carbocycles. The summed E-state index contributed by atoms with van der Waals surface area (Å²) in [5.41, 5.74) is 5.85. The maximum absolute atomic E-state index is 14.0. The lowest BCUT2D eigenvalue weighted by Crippen LogP contribution is -2.54. The molecule has 0 saturated heterocycles. The van der Waals surface area contributed by atoms with E-state index in [1.165, 1.54) is 12.0 Å². The number of rotatable bonds is 11. The largest absolute Gasteiger partial charge is 0.468 e. The van der Waals surface area contributed by atoms with Gasteiger partial charge in [-0.2, -0.15) is 0 Å². The molecule has 11 heteroatoms. The number of benzene rings is 1. The molecule has 4 unspecified atom stereocenters. The molecule has 1 aliphatic carbocycles. The lowest BCUT2D eigenvalue weighted by molar-refractivity contribution is -0.145. The van der Waals surface area contributed by atoms with E-state index in [1.54, 1.807) is 32.9 Å². The molecule has 1 fully saturated rings. The summed E-state index contributed by atoms with van der Waals surface area (Å²) in [4.78, 5) is 64.8. The zero-order valence-electron chi connectivity index (χ0n) is 22.3. The first kappa shape index (κ1) is 29.6. The Kier molecular flexibility index (Phi) is 10.0. The summed E-state index contributed by atoms with van der Waals surface area (Å²) in [5, 5.41) is 5.12. The Bertz CT molecular complexity index is 1020. The second kappa shape index (κ2) is 12.6. The van der Waals surface area contributed by atoms with Crippen molar-refractivity contribution in [3.8, 4) is 0 Å². The number of primary amides is 1. The molecule has 0 bridgehead atoms. The highest BCUT2D eigenvalue weighted by Gasteiger charge is 2.48. The van der Waals surface area contributed by atoms with Gasteiger partial charge in [0.05, 0.1) is 7.11 Å². The molecule has 0 aliphatic heterocycles. The molecule has 4 N–H and O–H groups in total. The van der Waals surface area contributed by atoms with Crippen LogP contribution >= 0.6 is 0 Å². The van der Waals surface area contributed by atoms with Crippen LogP contribution in [0, 0.1) is 12.8 Å². The molecular weight excluding hydrogens is 480 g/mol. The molecule has 1 saturated carbocycles. The Labute approximate surface area is 217 Å². The van der Waals surface area contributed by atoms with Gasteiger partial charge in [0, 0.05) is 12.5 Å². The van der Waals surface area contributed by atoms with Gasteiger partial charge in [0.2, 0.25) is 17.7 Å². The van der Waals surface area contributed by atoms with Gasteiger partial charge < -0.3 is 30.7 Å². The number of carbonyl (C=O) groups excluding carboxylic acids is 5. The fourth-order valence-corrected chi connectivity index (χ4v) is 3.99. The van der Waals surface area contributed by atoms with E-state index in [2.05, 4.69) is 15.4 Å². The Balaban J connectivity index is 2.49. The minimum atomic E-state index is -1.17. The van der Waals surface area contributed by atoms with Crippen LogP contribution in [0.4, 0.5) is 4.79 Å². The second-order valence-electron chi connectivity index (χ2n) is 10.3. The first-order valence-electron chi connectivity index (χ1n) is 12.2. The van der Waals surface area contributed by atoms with Crippen LogP contribution in [0.2, 0.25) is 0 Å².